The van der Waals surface area contributed by atoms with Gasteiger partial charge in [0, 0.05) is 32.0 Å². The van der Waals surface area contributed by atoms with Crippen LogP contribution in [0.3, 0.4) is 0 Å². The summed E-state index contributed by atoms with van der Waals surface area (Å²) in [5.74, 6) is 0.614. The number of piperidine rings is 1. The maximum Gasteiger partial charge on any atom is 0.308 e. The molecule has 0 saturated carbocycles. The van der Waals surface area contributed by atoms with Gasteiger partial charge in [0.05, 0.1) is 19.4 Å². The molecule has 2 aromatic rings. The summed E-state index contributed by atoms with van der Waals surface area (Å²) in [6.07, 6.45) is 7.65. The van der Waals surface area contributed by atoms with E-state index in [1.807, 2.05) is 36.8 Å². The van der Waals surface area contributed by atoms with Crippen LogP contribution in [0.25, 0.3) is 0 Å². The summed E-state index contributed by atoms with van der Waals surface area (Å²) in [5.41, 5.74) is 1.20. The van der Waals surface area contributed by atoms with Crippen molar-refractivity contribution in [3.05, 3.63) is 48.5 Å². The van der Waals surface area contributed by atoms with Gasteiger partial charge in [-0.3, -0.25) is 4.79 Å². The van der Waals surface area contributed by atoms with Gasteiger partial charge in [0.25, 0.3) is 0 Å². The van der Waals surface area contributed by atoms with E-state index >= 15 is 0 Å². The third-order valence-electron chi connectivity index (χ3n) is 5.61. The normalized spacial score (nSPS) is 16.2. The monoisotopic (exact) mass is 430 g/mol. The Hall–Kier alpha value is -2.42. The van der Waals surface area contributed by atoms with Gasteiger partial charge in [0.1, 0.15) is 18.5 Å². The number of hydrogen-bond donors (Lipinski definition) is 2. The standard InChI is InChI=1S/C23H34N4O4/c1-30-23(29)20-7-12-26(13-8-20)16-21(28)17-31-22-5-3-19(4-6-22)15-24-9-2-11-27-14-10-25-18-27/h3-6,10,14,18,20-21,24,28H,2,7-9,11-13,15-17H2,1H3. The van der Waals surface area contributed by atoms with Crippen LogP contribution in [-0.2, 0) is 22.6 Å². The van der Waals surface area contributed by atoms with Crippen molar-refractivity contribution in [3.8, 4) is 5.75 Å². The van der Waals surface area contributed by atoms with Crippen molar-refractivity contribution in [2.45, 2.75) is 38.5 Å². The molecule has 1 aliphatic rings. The lowest BCUT2D eigenvalue weighted by molar-refractivity contribution is -0.147. The number of ether oxygens (including phenoxy) is 2. The first-order valence-electron chi connectivity index (χ1n) is 11.0. The predicted octanol–water partition coefficient (Wildman–Crippen LogP) is 1.69. The molecule has 1 atom stereocenters. The molecule has 1 fully saturated rings. The molecule has 0 spiro atoms. The Bertz CT molecular complexity index is 758. The molecule has 8 nitrogen and oxygen atoms in total. The number of nitrogens with one attached hydrogen (secondary N) is 1. The van der Waals surface area contributed by atoms with Crippen LogP contribution in [0.15, 0.2) is 43.0 Å². The average molecular weight is 431 g/mol. The predicted molar refractivity (Wildman–Crippen MR) is 118 cm³/mol. The van der Waals surface area contributed by atoms with Gasteiger partial charge in [-0.2, -0.15) is 0 Å². The van der Waals surface area contributed by atoms with Gasteiger partial charge in [0.2, 0.25) is 0 Å². The molecule has 8 heteroatoms. The lowest BCUT2D eigenvalue weighted by Gasteiger charge is -2.31. The number of aryl methyl sites for hydroxylation is 1. The molecule has 1 saturated heterocycles. The second-order valence-electron chi connectivity index (χ2n) is 8.04. The molecule has 31 heavy (non-hydrogen) atoms. The van der Waals surface area contributed by atoms with Gasteiger partial charge in [-0.05, 0) is 56.6 Å². The summed E-state index contributed by atoms with van der Waals surface area (Å²) in [5, 5.41) is 13.7. The van der Waals surface area contributed by atoms with Crippen LogP contribution in [-0.4, -0.2) is 71.5 Å². The van der Waals surface area contributed by atoms with E-state index in [0.717, 1.165) is 57.7 Å². The molecular formula is C23H34N4O4. The summed E-state index contributed by atoms with van der Waals surface area (Å²) in [6.45, 7) is 5.11. The Balaban J connectivity index is 1.27. The van der Waals surface area contributed by atoms with Crippen LogP contribution < -0.4 is 10.1 Å². The van der Waals surface area contributed by atoms with Gasteiger partial charge in [0.15, 0.2) is 0 Å². The highest BCUT2D eigenvalue weighted by atomic mass is 16.5. The summed E-state index contributed by atoms with van der Waals surface area (Å²) >= 11 is 0. The molecule has 1 unspecified atom stereocenters. The number of likely N-dealkylation sites (tertiary alicyclic amines) is 1. The minimum Gasteiger partial charge on any atom is -0.491 e. The highest BCUT2D eigenvalue weighted by Gasteiger charge is 2.26. The topological polar surface area (TPSA) is 88.9 Å². The van der Waals surface area contributed by atoms with E-state index in [0.29, 0.717) is 6.54 Å². The van der Waals surface area contributed by atoms with E-state index in [-0.39, 0.29) is 18.5 Å². The van der Waals surface area contributed by atoms with Crippen molar-refractivity contribution in [1.29, 1.82) is 0 Å². The van der Waals surface area contributed by atoms with E-state index in [9.17, 15) is 9.90 Å². The van der Waals surface area contributed by atoms with E-state index in [4.69, 9.17) is 9.47 Å². The number of carbonyl (C=O) groups excluding carboxylic acids is 1. The molecule has 0 radical (unpaired) electrons. The number of benzene rings is 1. The van der Waals surface area contributed by atoms with Crippen LogP contribution in [0.1, 0.15) is 24.8 Å². The Kier molecular flexibility index (Phi) is 9.33. The summed E-state index contributed by atoms with van der Waals surface area (Å²) < 4.78 is 12.6. The number of aliphatic hydroxyl groups is 1. The first-order chi connectivity index (χ1) is 15.1. The molecule has 3 rings (SSSR count). The number of aromatic nitrogens is 2. The molecule has 1 aliphatic heterocycles. The summed E-state index contributed by atoms with van der Waals surface area (Å²) in [7, 11) is 1.43. The van der Waals surface area contributed by atoms with Crippen molar-refractivity contribution < 1.29 is 19.4 Å². The summed E-state index contributed by atoms with van der Waals surface area (Å²) in [6, 6.07) is 7.97. The third-order valence-corrected chi connectivity index (χ3v) is 5.61. The number of imidazole rings is 1. The maximum absolute atomic E-state index is 11.6. The van der Waals surface area contributed by atoms with Crippen LogP contribution in [0.5, 0.6) is 5.75 Å². The minimum atomic E-state index is -0.563. The fourth-order valence-electron chi connectivity index (χ4n) is 3.80. The first-order valence-corrected chi connectivity index (χ1v) is 11.0. The van der Waals surface area contributed by atoms with Crippen LogP contribution >= 0.6 is 0 Å². The Labute approximate surface area is 184 Å². The van der Waals surface area contributed by atoms with E-state index in [1.165, 1.54) is 12.7 Å². The van der Waals surface area contributed by atoms with E-state index in [1.54, 1.807) is 6.20 Å². The number of nitrogens with zero attached hydrogens (tertiary/aromatic N) is 3. The number of aliphatic hydroxyl groups excluding tert-OH is 1. The zero-order valence-electron chi connectivity index (χ0n) is 18.3. The maximum atomic E-state index is 11.6. The fourth-order valence-corrected chi connectivity index (χ4v) is 3.80. The van der Waals surface area contributed by atoms with Crippen LogP contribution in [0.2, 0.25) is 0 Å². The van der Waals surface area contributed by atoms with Gasteiger partial charge in [-0.1, -0.05) is 12.1 Å². The van der Waals surface area contributed by atoms with Gasteiger partial charge < -0.3 is 29.4 Å². The second-order valence-corrected chi connectivity index (χ2v) is 8.04. The molecular weight excluding hydrogens is 396 g/mol. The van der Waals surface area contributed by atoms with Crippen molar-refractivity contribution in [1.82, 2.24) is 19.8 Å². The Morgan fingerprint density at radius 2 is 2.06 bits per heavy atom. The quantitative estimate of drug-likeness (QED) is 0.391. The number of esters is 1. The second kappa shape index (κ2) is 12.4. The molecule has 0 amide bonds. The van der Waals surface area contributed by atoms with Gasteiger partial charge >= 0.3 is 5.97 Å². The number of hydrogen-bond acceptors (Lipinski definition) is 7. The minimum absolute atomic E-state index is 0.0145. The lowest BCUT2D eigenvalue weighted by atomic mass is 9.97. The summed E-state index contributed by atoms with van der Waals surface area (Å²) in [4.78, 5) is 17.8. The van der Waals surface area contributed by atoms with Crippen molar-refractivity contribution in [2.24, 2.45) is 5.92 Å². The molecule has 2 N–H and O–H groups in total. The number of carbonyl (C=O) groups is 1. The number of rotatable bonds is 12. The molecule has 2 heterocycles. The van der Waals surface area contributed by atoms with Crippen LogP contribution in [0, 0.1) is 5.92 Å². The third kappa shape index (κ3) is 7.97. The SMILES string of the molecule is COC(=O)C1CCN(CC(O)COc2ccc(CNCCCn3ccnc3)cc2)CC1. The smallest absolute Gasteiger partial charge is 0.308 e. The average Bonchev–Trinajstić information content (AvgIpc) is 3.32. The lowest BCUT2D eigenvalue weighted by Crippen LogP contribution is -2.42. The van der Waals surface area contributed by atoms with Crippen molar-refractivity contribution >= 4 is 5.97 Å². The molecule has 1 aromatic carbocycles. The highest BCUT2D eigenvalue weighted by Crippen LogP contribution is 2.19. The molecule has 170 valence electrons. The zero-order valence-corrected chi connectivity index (χ0v) is 18.3. The fraction of sp³-hybridized carbons (Fsp3) is 0.565. The number of β-amino-alcohol motifs (C(OH)–C–C–N with tert-alkyl or cyclic N) is 1. The van der Waals surface area contributed by atoms with Crippen molar-refractivity contribution in [3.63, 3.8) is 0 Å². The van der Waals surface area contributed by atoms with Crippen LogP contribution in [0.4, 0.5) is 0 Å². The molecule has 1 aromatic heterocycles. The molecule has 0 aliphatic carbocycles. The zero-order chi connectivity index (χ0) is 21.9. The largest absolute Gasteiger partial charge is 0.491 e. The Morgan fingerprint density at radius 1 is 1.29 bits per heavy atom. The molecule has 0 bridgehead atoms. The number of methoxy groups -OCH3 is 1. The van der Waals surface area contributed by atoms with Crippen molar-refractivity contribution in [2.75, 3.05) is 39.9 Å². The van der Waals surface area contributed by atoms with E-state index in [2.05, 4.69) is 19.8 Å². The highest BCUT2D eigenvalue weighted by molar-refractivity contribution is 5.72. The first kappa shape index (κ1) is 23.2. The van der Waals surface area contributed by atoms with E-state index < -0.39 is 6.10 Å². The van der Waals surface area contributed by atoms with Gasteiger partial charge in [-0.25, -0.2) is 4.98 Å². The van der Waals surface area contributed by atoms with Gasteiger partial charge in [-0.15, -0.1) is 0 Å². The Morgan fingerprint density at radius 3 is 2.74 bits per heavy atom.